The van der Waals surface area contributed by atoms with E-state index in [4.69, 9.17) is 9.47 Å². The molecule has 1 atom stereocenters. The Balaban J connectivity index is 1.69. The molecule has 230 valence electrons. The molecule has 4 aromatic rings. The molecule has 0 aliphatic carbocycles. The lowest BCUT2D eigenvalue weighted by molar-refractivity contribution is -0.139. The lowest BCUT2D eigenvalue weighted by Crippen LogP contribution is -2.51. The van der Waals surface area contributed by atoms with Crippen LogP contribution in [0.5, 0.6) is 17.2 Å². The molecule has 2 amide bonds. The summed E-state index contributed by atoms with van der Waals surface area (Å²) in [5.41, 5.74) is 1.93. The van der Waals surface area contributed by atoms with Crippen molar-refractivity contribution in [1.29, 1.82) is 0 Å². The monoisotopic (exact) mass is 615 g/mol. The van der Waals surface area contributed by atoms with Gasteiger partial charge in [0, 0.05) is 13.1 Å². The van der Waals surface area contributed by atoms with Gasteiger partial charge >= 0.3 is 0 Å². The van der Waals surface area contributed by atoms with Crippen molar-refractivity contribution in [3.8, 4) is 17.2 Å². The summed E-state index contributed by atoms with van der Waals surface area (Å²) in [5, 5.41) is 2.76. The highest BCUT2D eigenvalue weighted by atomic mass is 32.2. The van der Waals surface area contributed by atoms with Crippen LogP contribution in [0.2, 0.25) is 0 Å². The molecular weight excluding hydrogens is 578 g/mol. The van der Waals surface area contributed by atoms with Gasteiger partial charge in [0.15, 0.2) is 0 Å². The Morgan fingerprint density at radius 1 is 0.818 bits per heavy atom. The quantitative estimate of drug-likeness (QED) is 0.212. The normalized spacial score (nSPS) is 11.7. The number of likely N-dealkylation sites (N-methyl/N-ethyl adjacent to an activating group) is 1. The second-order valence-corrected chi connectivity index (χ2v) is 12.0. The Bertz CT molecular complexity index is 1640. The topological polar surface area (TPSA) is 105 Å². The Hall–Kier alpha value is -4.83. The Kier molecular flexibility index (Phi) is 10.6. The van der Waals surface area contributed by atoms with Crippen molar-refractivity contribution in [1.82, 2.24) is 10.2 Å². The zero-order valence-electron chi connectivity index (χ0n) is 25.3. The van der Waals surface area contributed by atoms with Gasteiger partial charge in [-0.05, 0) is 87.0 Å². The van der Waals surface area contributed by atoms with Crippen molar-refractivity contribution in [2.45, 2.75) is 38.3 Å². The van der Waals surface area contributed by atoms with Crippen molar-refractivity contribution in [3.63, 3.8) is 0 Å². The lowest BCUT2D eigenvalue weighted by Gasteiger charge is -2.32. The summed E-state index contributed by atoms with van der Waals surface area (Å²) in [7, 11) is -2.62. The second-order valence-electron chi connectivity index (χ2n) is 10.2. The van der Waals surface area contributed by atoms with Crippen LogP contribution in [-0.4, -0.2) is 51.4 Å². The number of carbonyl (C=O) groups is 2. The van der Waals surface area contributed by atoms with Crippen LogP contribution in [-0.2, 0) is 26.2 Å². The summed E-state index contributed by atoms with van der Waals surface area (Å²) in [6.07, 6.45) is 0. The Morgan fingerprint density at radius 3 is 2.00 bits per heavy atom. The molecule has 0 saturated carbocycles. The van der Waals surface area contributed by atoms with Crippen molar-refractivity contribution in [2.24, 2.45) is 0 Å². The van der Waals surface area contributed by atoms with E-state index in [9.17, 15) is 18.0 Å². The van der Waals surface area contributed by atoms with E-state index < -0.39 is 28.5 Å². The largest absolute Gasteiger partial charge is 0.497 e. The smallest absolute Gasteiger partial charge is 0.264 e. The van der Waals surface area contributed by atoms with Gasteiger partial charge in [0.25, 0.3) is 10.0 Å². The van der Waals surface area contributed by atoms with Crippen LogP contribution in [0.1, 0.15) is 25.0 Å². The maximum Gasteiger partial charge on any atom is 0.264 e. The molecule has 4 rings (SSSR count). The summed E-state index contributed by atoms with van der Waals surface area (Å²) in [6, 6.07) is 28.4. The molecule has 0 aromatic heterocycles. The summed E-state index contributed by atoms with van der Waals surface area (Å²) >= 11 is 0. The van der Waals surface area contributed by atoms with Crippen LogP contribution in [0.25, 0.3) is 0 Å². The fourth-order valence-corrected chi connectivity index (χ4v) is 5.92. The summed E-state index contributed by atoms with van der Waals surface area (Å²) in [5.74, 6) is 0.904. The number of rotatable bonds is 13. The minimum atomic E-state index is -4.18. The van der Waals surface area contributed by atoms with Crippen molar-refractivity contribution < 1.29 is 27.5 Å². The van der Waals surface area contributed by atoms with Crippen LogP contribution < -0.4 is 19.1 Å². The predicted octanol–water partition coefficient (Wildman–Crippen LogP) is 5.54. The molecule has 9 nitrogen and oxygen atoms in total. The van der Waals surface area contributed by atoms with Gasteiger partial charge in [0.1, 0.15) is 29.8 Å². The number of benzene rings is 4. The van der Waals surface area contributed by atoms with Gasteiger partial charge in [-0.25, -0.2) is 8.42 Å². The number of aryl methyl sites for hydroxylation is 1. The lowest BCUT2D eigenvalue weighted by atomic mass is 10.1. The molecule has 0 heterocycles. The van der Waals surface area contributed by atoms with E-state index in [-0.39, 0.29) is 23.0 Å². The second kappa shape index (κ2) is 14.6. The molecule has 10 heteroatoms. The molecule has 0 spiro atoms. The first-order valence-electron chi connectivity index (χ1n) is 14.2. The molecule has 0 fully saturated rings. The predicted molar refractivity (Wildman–Crippen MR) is 170 cm³/mol. The summed E-state index contributed by atoms with van der Waals surface area (Å²) in [6.45, 7) is 5.22. The number of sulfonamides is 1. The van der Waals surface area contributed by atoms with Gasteiger partial charge in [0.05, 0.1) is 17.7 Å². The number of nitrogens with zero attached hydrogens (tertiary/aromatic N) is 2. The number of nitrogens with one attached hydrogen (secondary N) is 1. The SMILES string of the molecule is CCNC(=O)[C@H](C)N(Cc1ccc(OC)cc1)C(=O)CN(c1ccc(Oc2ccccc2)cc1)S(=O)(=O)c1ccc(C)cc1. The van der Waals surface area contributed by atoms with Gasteiger partial charge < -0.3 is 19.7 Å². The van der Waals surface area contributed by atoms with Gasteiger partial charge in [-0.2, -0.15) is 0 Å². The van der Waals surface area contributed by atoms with E-state index in [1.165, 1.54) is 17.0 Å². The van der Waals surface area contributed by atoms with Crippen LogP contribution in [0, 0.1) is 6.92 Å². The number of hydrogen-bond donors (Lipinski definition) is 1. The number of carbonyl (C=O) groups excluding carboxylic acids is 2. The molecular formula is C34H37N3O6S. The van der Waals surface area contributed by atoms with Gasteiger partial charge in [-0.1, -0.05) is 48.0 Å². The number of anilines is 1. The van der Waals surface area contributed by atoms with E-state index in [2.05, 4.69) is 5.32 Å². The maximum atomic E-state index is 14.0. The number of para-hydroxylation sites is 1. The first-order valence-corrected chi connectivity index (χ1v) is 15.7. The fraction of sp³-hybridized carbons (Fsp3) is 0.235. The first kappa shape index (κ1) is 32.1. The minimum absolute atomic E-state index is 0.0407. The molecule has 4 aromatic carbocycles. The van der Waals surface area contributed by atoms with Crippen molar-refractivity contribution in [2.75, 3.05) is 24.5 Å². The number of methoxy groups -OCH3 is 1. The van der Waals surface area contributed by atoms with E-state index >= 15 is 0 Å². The molecule has 0 unspecified atom stereocenters. The summed E-state index contributed by atoms with van der Waals surface area (Å²) < 4.78 is 40.3. The third kappa shape index (κ3) is 7.96. The van der Waals surface area contributed by atoms with Crippen LogP contribution >= 0.6 is 0 Å². The highest BCUT2D eigenvalue weighted by Gasteiger charge is 2.32. The third-order valence-electron chi connectivity index (χ3n) is 7.02. The number of amides is 2. The van der Waals surface area contributed by atoms with Crippen molar-refractivity contribution >= 4 is 27.5 Å². The number of ether oxygens (including phenoxy) is 2. The average molecular weight is 616 g/mol. The minimum Gasteiger partial charge on any atom is -0.497 e. The van der Waals surface area contributed by atoms with Gasteiger partial charge in [0.2, 0.25) is 11.8 Å². The first-order chi connectivity index (χ1) is 21.1. The van der Waals surface area contributed by atoms with Crippen LogP contribution in [0.4, 0.5) is 5.69 Å². The summed E-state index contributed by atoms with van der Waals surface area (Å²) in [4.78, 5) is 28.4. The molecule has 0 aliphatic rings. The highest BCUT2D eigenvalue weighted by Crippen LogP contribution is 2.29. The van der Waals surface area contributed by atoms with Crippen LogP contribution in [0.15, 0.2) is 108 Å². The van der Waals surface area contributed by atoms with Crippen molar-refractivity contribution in [3.05, 3.63) is 114 Å². The van der Waals surface area contributed by atoms with E-state index in [1.54, 1.807) is 81.6 Å². The third-order valence-corrected chi connectivity index (χ3v) is 8.81. The average Bonchev–Trinajstić information content (AvgIpc) is 3.03. The Morgan fingerprint density at radius 2 is 1.41 bits per heavy atom. The molecule has 0 bridgehead atoms. The van der Waals surface area contributed by atoms with Gasteiger partial charge in [-0.3, -0.25) is 13.9 Å². The molecule has 44 heavy (non-hydrogen) atoms. The molecule has 1 N–H and O–H groups in total. The zero-order chi connectivity index (χ0) is 31.7. The standard InChI is InChI=1S/C34H37N3O6S/c1-5-35-34(39)26(3)36(23-27-13-17-29(42-4)18-14-27)33(38)24-37(44(40,41)32-21-11-25(2)12-22-32)28-15-19-31(20-16-28)43-30-9-7-6-8-10-30/h6-22,26H,5,23-24H2,1-4H3,(H,35,39)/t26-/m0/s1. The zero-order valence-corrected chi connectivity index (χ0v) is 26.1. The van der Waals surface area contributed by atoms with Crippen LogP contribution in [0.3, 0.4) is 0 Å². The highest BCUT2D eigenvalue weighted by molar-refractivity contribution is 7.92. The van der Waals surface area contributed by atoms with Gasteiger partial charge in [-0.15, -0.1) is 0 Å². The molecule has 0 radical (unpaired) electrons. The maximum absolute atomic E-state index is 14.0. The fourth-order valence-electron chi connectivity index (χ4n) is 4.50. The number of hydrogen-bond acceptors (Lipinski definition) is 6. The van der Waals surface area contributed by atoms with E-state index in [1.807, 2.05) is 37.3 Å². The molecule has 0 aliphatic heterocycles. The molecule has 0 saturated heterocycles. The Labute approximate surface area is 259 Å². The van der Waals surface area contributed by atoms with E-state index in [0.29, 0.717) is 23.8 Å². The van der Waals surface area contributed by atoms with E-state index in [0.717, 1.165) is 15.4 Å².